The molecule has 0 radical (unpaired) electrons. The van der Waals surface area contributed by atoms with Crippen LogP contribution in [0.4, 0.5) is 0 Å². The number of carboxylic acid groups (broad SMARTS) is 1. The minimum absolute atomic E-state index is 0.0313. The molecule has 1 saturated carbocycles. The van der Waals surface area contributed by atoms with Gasteiger partial charge in [-0.1, -0.05) is 0 Å². The highest BCUT2D eigenvalue weighted by molar-refractivity contribution is 7.99. The molecule has 1 aromatic carbocycles. The molecule has 25 heavy (non-hydrogen) atoms. The van der Waals surface area contributed by atoms with Crippen LogP contribution in [0.15, 0.2) is 23.1 Å². The number of carboxylic acids is 1. The Bertz CT molecular complexity index is 628. The summed E-state index contributed by atoms with van der Waals surface area (Å²) in [6.45, 7) is 1.14. The number of carbonyl (C=O) groups is 2. The number of fused-ring (bicyclic) bond motifs is 1. The molecule has 1 aromatic rings. The Morgan fingerprint density at radius 1 is 1.12 bits per heavy atom. The summed E-state index contributed by atoms with van der Waals surface area (Å²) in [5, 5.41) is 12.0. The third-order valence-electron chi connectivity index (χ3n) is 4.55. The maximum absolute atomic E-state index is 12.1. The van der Waals surface area contributed by atoms with Crippen molar-refractivity contribution in [2.45, 2.75) is 43.0 Å². The van der Waals surface area contributed by atoms with Crippen molar-refractivity contribution in [3.63, 3.8) is 0 Å². The van der Waals surface area contributed by atoms with E-state index in [1.807, 2.05) is 18.2 Å². The number of hydrogen-bond acceptors (Lipinski definition) is 5. The van der Waals surface area contributed by atoms with E-state index >= 15 is 0 Å². The molecule has 0 aromatic heterocycles. The van der Waals surface area contributed by atoms with Gasteiger partial charge in [0.05, 0.1) is 5.92 Å². The molecule has 0 bridgehead atoms. The first-order valence-corrected chi connectivity index (χ1v) is 9.65. The van der Waals surface area contributed by atoms with E-state index in [-0.39, 0.29) is 17.9 Å². The molecule has 1 aliphatic heterocycles. The maximum Gasteiger partial charge on any atom is 0.306 e. The van der Waals surface area contributed by atoms with E-state index in [2.05, 4.69) is 5.32 Å². The van der Waals surface area contributed by atoms with E-state index in [9.17, 15) is 9.59 Å². The normalized spacial score (nSPS) is 22.2. The van der Waals surface area contributed by atoms with Gasteiger partial charge in [-0.15, -0.1) is 11.8 Å². The second-order valence-corrected chi connectivity index (χ2v) is 7.53. The molecular weight excluding hydrogens is 342 g/mol. The van der Waals surface area contributed by atoms with Crippen LogP contribution in [-0.4, -0.2) is 42.0 Å². The lowest BCUT2D eigenvalue weighted by Crippen LogP contribution is -2.38. The van der Waals surface area contributed by atoms with E-state index in [1.54, 1.807) is 11.8 Å². The third-order valence-corrected chi connectivity index (χ3v) is 5.55. The molecule has 0 spiro atoms. The van der Waals surface area contributed by atoms with Crippen molar-refractivity contribution < 1.29 is 24.2 Å². The van der Waals surface area contributed by atoms with Gasteiger partial charge >= 0.3 is 5.97 Å². The summed E-state index contributed by atoms with van der Waals surface area (Å²) in [5.74, 6) is 1.28. The van der Waals surface area contributed by atoms with Crippen molar-refractivity contribution in [1.82, 2.24) is 5.32 Å². The van der Waals surface area contributed by atoms with Crippen LogP contribution < -0.4 is 14.8 Å². The van der Waals surface area contributed by atoms with Gasteiger partial charge in [0, 0.05) is 23.1 Å². The number of aliphatic carboxylic acids is 1. The van der Waals surface area contributed by atoms with E-state index < -0.39 is 5.97 Å². The van der Waals surface area contributed by atoms with Crippen molar-refractivity contribution in [3.8, 4) is 11.5 Å². The van der Waals surface area contributed by atoms with Gasteiger partial charge in [-0.2, -0.15) is 0 Å². The van der Waals surface area contributed by atoms with Crippen LogP contribution in [-0.2, 0) is 9.59 Å². The Morgan fingerprint density at radius 2 is 1.84 bits per heavy atom. The van der Waals surface area contributed by atoms with Crippen molar-refractivity contribution in [3.05, 3.63) is 18.2 Å². The number of benzene rings is 1. The van der Waals surface area contributed by atoms with Gasteiger partial charge in [-0.05, 0) is 43.9 Å². The Hall–Kier alpha value is -1.89. The molecule has 0 atom stereocenters. The smallest absolute Gasteiger partial charge is 0.306 e. The van der Waals surface area contributed by atoms with Crippen LogP contribution in [0.2, 0.25) is 0 Å². The molecule has 1 aliphatic carbocycles. The Balaban J connectivity index is 1.37. The molecular formula is C18H23NO5S. The zero-order valence-electron chi connectivity index (χ0n) is 14.0. The van der Waals surface area contributed by atoms with Crippen molar-refractivity contribution in [2.24, 2.45) is 5.92 Å². The highest BCUT2D eigenvalue weighted by Crippen LogP contribution is 2.34. The highest BCUT2D eigenvalue weighted by atomic mass is 32.2. The summed E-state index contributed by atoms with van der Waals surface area (Å²) in [6.07, 6.45) is 3.23. The van der Waals surface area contributed by atoms with E-state index in [0.29, 0.717) is 38.2 Å². The molecule has 2 N–H and O–H groups in total. The number of ether oxygens (including phenoxy) is 2. The van der Waals surface area contributed by atoms with Gasteiger partial charge in [-0.3, -0.25) is 9.59 Å². The number of carbonyl (C=O) groups excluding carboxylic acids is 1. The van der Waals surface area contributed by atoms with Crippen LogP contribution in [0.5, 0.6) is 11.5 Å². The van der Waals surface area contributed by atoms with Crippen LogP contribution >= 0.6 is 11.8 Å². The van der Waals surface area contributed by atoms with Gasteiger partial charge in [0.2, 0.25) is 5.91 Å². The fraction of sp³-hybridized carbons (Fsp3) is 0.556. The van der Waals surface area contributed by atoms with Crippen molar-refractivity contribution in [1.29, 1.82) is 0 Å². The Kier molecular flexibility index (Phi) is 6.07. The minimum Gasteiger partial charge on any atom is -0.486 e. The molecule has 7 heteroatoms. The summed E-state index contributed by atoms with van der Waals surface area (Å²) >= 11 is 1.61. The average Bonchev–Trinajstić information content (AvgIpc) is 2.62. The number of amides is 1. The maximum atomic E-state index is 12.1. The lowest BCUT2D eigenvalue weighted by atomic mass is 9.86. The molecule has 1 amide bonds. The lowest BCUT2D eigenvalue weighted by Gasteiger charge is -2.26. The Morgan fingerprint density at radius 3 is 2.56 bits per heavy atom. The molecule has 3 rings (SSSR count). The second kappa shape index (κ2) is 8.47. The summed E-state index contributed by atoms with van der Waals surface area (Å²) in [6, 6.07) is 5.94. The van der Waals surface area contributed by atoms with Crippen molar-refractivity contribution in [2.75, 3.05) is 19.0 Å². The third kappa shape index (κ3) is 5.04. The second-order valence-electron chi connectivity index (χ2n) is 6.36. The fourth-order valence-electron chi connectivity index (χ4n) is 3.16. The number of hydrogen-bond donors (Lipinski definition) is 2. The lowest BCUT2D eigenvalue weighted by molar-refractivity contribution is -0.142. The van der Waals surface area contributed by atoms with Crippen molar-refractivity contribution >= 4 is 23.6 Å². The van der Waals surface area contributed by atoms with E-state index in [4.69, 9.17) is 14.6 Å². The van der Waals surface area contributed by atoms with Gasteiger partial charge in [-0.25, -0.2) is 0 Å². The summed E-state index contributed by atoms with van der Waals surface area (Å²) in [5.41, 5.74) is 0. The summed E-state index contributed by atoms with van der Waals surface area (Å²) in [4.78, 5) is 24.1. The van der Waals surface area contributed by atoms with Gasteiger partial charge < -0.3 is 19.9 Å². The largest absolute Gasteiger partial charge is 0.486 e. The zero-order valence-corrected chi connectivity index (χ0v) is 14.8. The predicted octanol–water partition coefficient (Wildman–Crippen LogP) is 2.70. The molecule has 2 aliphatic rings. The van der Waals surface area contributed by atoms with Crippen LogP contribution in [0, 0.1) is 5.92 Å². The zero-order chi connectivity index (χ0) is 17.6. The molecule has 1 fully saturated rings. The molecule has 0 unspecified atom stereocenters. The van der Waals surface area contributed by atoms with E-state index in [0.717, 1.165) is 29.2 Å². The molecule has 1 heterocycles. The topological polar surface area (TPSA) is 84.9 Å². The number of nitrogens with one attached hydrogen (secondary N) is 1. The quantitative estimate of drug-likeness (QED) is 0.754. The van der Waals surface area contributed by atoms with Crippen LogP contribution in [0.1, 0.15) is 32.1 Å². The molecule has 136 valence electrons. The first-order chi connectivity index (χ1) is 12.1. The van der Waals surface area contributed by atoms with E-state index in [1.165, 1.54) is 0 Å². The first-order valence-electron chi connectivity index (χ1n) is 8.66. The molecule has 0 saturated heterocycles. The number of rotatable bonds is 6. The van der Waals surface area contributed by atoms with Gasteiger partial charge in [0.1, 0.15) is 13.2 Å². The van der Waals surface area contributed by atoms with Crippen LogP contribution in [0.3, 0.4) is 0 Å². The SMILES string of the molecule is O=C(CCSc1ccc2c(c1)OCCO2)NC1CCC(C(=O)O)CC1. The summed E-state index contributed by atoms with van der Waals surface area (Å²) in [7, 11) is 0. The van der Waals surface area contributed by atoms with Gasteiger partial charge in [0.25, 0.3) is 0 Å². The highest BCUT2D eigenvalue weighted by Gasteiger charge is 2.26. The van der Waals surface area contributed by atoms with Gasteiger partial charge in [0.15, 0.2) is 11.5 Å². The minimum atomic E-state index is -0.722. The standard InChI is InChI=1S/C18H23NO5S/c20-17(19-13-3-1-12(2-4-13)18(21)22)7-10-25-14-5-6-15-16(11-14)24-9-8-23-15/h5-6,11-13H,1-4,7-10H2,(H,19,20)(H,21,22). The first kappa shape index (κ1) is 17.9. The Labute approximate surface area is 151 Å². The van der Waals surface area contributed by atoms with Crippen LogP contribution in [0.25, 0.3) is 0 Å². The monoisotopic (exact) mass is 365 g/mol. The number of thioether (sulfide) groups is 1. The predicted molar refractivity (Wildman–Crippen MR) is 94.3 cm³/mol. The average molecular weight is 365 g/mol. The summed E-state index contributed by atoms with van der Waals surface area (Å²) < 4.78 is 11.1. The fourth-order valence-corrected chi connectivity index (χ4v) is 4.04. The molecule has 6 nitrogen and oxygen atoms in total.